The number of aromatic nitrogens is 3. The fourth-order valence-corrected chi connectivity index (χ4v) is 5.90. The van der Waals surface area contributed by atoms with Crippen molar-refractivity contribution in [2.24, 2.45) is 0 Å². The summed E-state index contributed by atoms with van der Waals surface area (Å²) in [6, 6.07) is 12.4. The second-order valence-corrected chi connectivity index (χ2v) is 11.2. The van der Waals surface area contributed by atoms with Gasteiger partial charge in [0.25, 0.3) is 9.84 Å². The van der Waals surface area contributed by atoms with Gasteiger partial charge in [0.2, 0.25) is 5.88 Å². The van der Waals surface area contributed by atoms with Crippen LogP contribution in [0.1, 0.15) is 36.6 Å². The molecule has 0 aliphatic carbocycles. The molecule has 1 aliphatic rings. The maximum atomic E-state index is 13.9. The highest BCUT2D eigenvalue weighted by atomic mass is 32.2. The highest BCUT2D eigenvalue weighted by Crippen LogP contribution is 2.35. The first kappa shape index (κ1) is 26.0. The lowest BCUT2D eigenvalue weighted by atomic mass is 9.90. The third-order valence-corrected chi connectivity index (χ3v) is 8.52. The number of piperidine rings is 1. The number of para-hydroxylation sites is 1. The Morgan fingerprint density at radius 2 is 1.79 bits per heavy atom. The van der Waals surface area contributed by atoms with Crippen molar-refractivity contribution in [3.05, 3.63) is 82.5 Å². The van der Waals surface area contributed by atoms with E-state index in [2.05, 4.69) is 10.3 Å². The number of aromatic hydroxyl groups is 1. The van der Waals surface area contributed by atoms with Crippen LogP contribution in [-0.4, -0.2) is 45.7 Å². The van der Waals surface area contributed by atoms with Crippen LogP contribution in [0.3, 0.4) is 0 Å². The Balaban J connectivity index is 1.67. The van der Waals surface area contributed by atoms with Gasteiger partial charge in [0.15, 0.2) is 0 Å². The summed E-state index contributed by atoms with van der Waals surface area (Å²) in [5.41, 5.74) is -4.18. The molecule has 0 bridgehead atoms. The lowest BCUT2D eigenvalue weighted by molar-refractivity contribution is -0.0436. The third kappa shape index (κ3) is 4.27. The zero-order valence-corrected chi connectivity index (χ0v) is 21.1. The molecule has 3 heterocycles. The Kier molecular flexibility index (Phi) is 6.56. The van der Waals surface area contributed by atoms with Crippen molar-refractivity contribution in [1.82, 2.24) is 19.4 Å². The molecule has 1 aliphatic heterocycles. The van der Waals surface area contributed by atoms with Gasteiger partial charge >= 0.3 is 11.2 Å². The predicted molar refractivity (Wildman–Crippen MR) is 135 cm³/mol. The van der Waals surface area contributed by atoms with E-state index >= 15 is 0 Å². The normalized spacial score (nSPS) is 17.5. The van der Waals surface area contributed by atoms with Gasteiger partial charge in [-0.05, 0) is 68.3 Å². The predicted octanol–water partition coefficient (Wildman–Crippen LogP) is 4.23. The summed E-state index contributed by atoms with van der Waals surface area (Å²) in [5, 5.41) is 15.4. The molecule has 5 rings (SSSR count). The summed E-state index contributed by atoms with van der Waals surface area (Å²) in [5.74, 6) is -0.388. The van der Waals surface area contributed by atoms with Crippen LogP contribution >= 0.6 is 0 Å². The highest BCUT2D eigenvalue weighted by molar-refractivity contribution is 7.92. The largest absolute Gasteiger partial charge is 0.501 e. The molecule has 1 fully saturated rings. The Bertz CT molecular complexity index is 1650. The highest BCUT2D eigenvalue weighted by Gasteiger charge is 2.46. The number of rotatable bonds is 5. The fourth-order valence-electron chi connectivity index (χ4n) is 5.14. The van der Waals surface area contributed by atoms with E-state index in [1.165, 1.54) is 4.57 Å². The van der Waals surface area contributed by atoms with E-state index in [1.54, 1.807) is 13.1 Å². The van der Waals surface area contributed by atoms with Crippen LogP contribution < -0.4 is 11.0 Å². The Morgan fingerprint density at radius 3 is 2.45 bits per heavy atom. The van der Waals surface area contributed by atoms with Crippen LogP contribution in [0.25, 0.3) is 16.6 Å². The number of hydrogen-bond donors (Lipinski definition) is 2. The van der Waals surface area contributed by atoms with E-state index in [0.717, 1.165) is 71.1 Å². The van der Waals surface area contributed by atoms with Crippen molar-refractivity contribution in [3.8, 4) is 11.6 Å². The lowest BCUT2D eigenvalue weighted by Gasteiger charge is -2.33. The minimum absolute atomic E-state index is 0.0328. The molecule has 12 heteroatoms. The van der Waals surface area contributed by atoms with Crippen LogP contribution in [0.15, 0.2) is 70.5 Å². The molecule has 2 unspecified atom stereocenters. The minimum atomic E-state index is -5.55. The van der Waals surface area contributed by atoms with Crippen LogP contribution in [0.5, 0.6) is 5.88 Å². The van der Waals surface area contributed by atoms with Gasteiger partial charge in [0.1, 0.15) is 0 Å². The van der Waals surface area contributed by atoms with Gasteiger partial charge in [0.05, 0.1) is 27.8 Å². The molecule has 0 spiro atoms. The molecule has 2 aromatic heterocycles. The van der Waals surface area contributed by atoms with E-state index in [1.807, 2.05) is 30.3 Å². The molecule has 2 aromatic carbocycles. The first-order chi connectivity index (χ1) is 18.0. The van der Waals surface area contributed by atoms with Gasteiger partial charge in [-0.2, -0.15) is 13.2 Å². The van der Waals surface area contributed by atoms with Crippen LogP contribution in [-0.2, 0) is 9.84 Å². The maximum absolute atomic E-state index is 13.9. The van der Waals surface area contributed by atoms with Gasteiger partial charge in [-0.3, -0.25) is 9.55 Å². The van der Waals surface area contributed by atoms with E-state index in [-0.39, 0.29) is 23.3 Å². The summed E-state index contributed by atoms with van der Waals surface area (Å²) < 4.78 is 64.9. The number of hydrogen-bond acceptors (Lipinski definition) is 6. The van der Waals surface area contributed by atoms with Crippen molar-refractivity contribution < 1.29 is 26.7 Å². The molecular formula is C26H25F3N4O4S. The molecule has 2 N–H and O–H groups in total. The smallest absolute Gasteiger partial charge is 0.493 e. The number of benzene rings is 2. The first-order valence-corrected chi connectivity index (χ1v) is 13.5. The van der Waals surface area contributed by atoms with Crippen LogP contribution in [0, 0.1) is 6.92 Å². The lowest BCUT2D eigenvalue weighted by Crippen LogP contribution is -2.44. The minimum Gasteiger partial charge on any atom is -0.493 e. The van der Waals surface area contributed by atoms with E-state index in [9.17, 15) is 31.5 Å². The molecule has 2 atom stereocenters. The number of imidazole rings is 1. The van der Waals surface area contributed by atoms with E-state index in [4.69, 9.17) is 0 Å². The molecule has 0 saturated carbocycles. The van der Waals surface area contributed by atoms with Crippen molar-refractivity contribution in [1.29, 1.82) is 0 Å². The van der Waals surface area contributed by atoms with E-state index < -0.39 is 32.0 Å². The summed E-state index contributed by atoms with van der Waals surface area (Å²) in [6.45, 7) is 2.36. The Morgan fingerprint density at radius 1 is 1.08 bits per heavy atom. The quantitative estimate of drug-likeness (QED) is 0.388. The molecule has 0 radical (unpaired) electrons. The van der Waals surface area contributed by atoms with Crippen molar-refractivity contribution >= 4 is 20.7 Å². The molecule has 200 valence electrons. The number of pyridine rings is 1. The third-order valence-electron chi connectivity index (χ3n) is 7.01. The first-order valence-electron chi connectivity index (χ1n) is 12.0. The molecule has 1 saturated heterocycles. The SMILES string of the molecule is Cc1c(O)n(-c2ccc(S(=O)(=O)C(F)(F)F)cc2)c(=O)n1C(c1ccnc2ccccc12)C1CCCCN1. The second-order valence-electron chi connectivity index (χ2n) is 9.26. The van der Waals surface area contributed by atoms with Gasteiger partial charge in [-0.25, -0.2) is 17.8 Å². The van der Waals surface area contributed by atoms with Gasteiger partial charge in [-0.1, -0.05) is 24.6 Å². The fraction of sp³-hybridized carbons (Fsp3) is 0.308. The average Bonchev–Trinajstić information content (AvgIpc) is 3.12. The van der Waals surface area contributed by atoms with Crippen molar-refractivity contribution in [2.75, 3.05) is 6.54 Å². The van der Waals surface area contributed by atoms with E-state index in [0.29, 0.717) is 0 Å². The molecule has 8 nitrogen and oxygen atoms in total. The number of fused-ring (bicyclic) bond motifs is 1. The number of halogens is 3. The molecule has 4 aromatic rings. The number of nitrogens with one attached hydrogen (secondary N) is 1. The molecular weight excluding hydrogens is 521 g/mol. The number of alkyl halides is 3. The van der Waals surface area contributed by atoms with Crippen molar-refractivity contribution in [3.63, 3.8) is 0 Å². The Hall–Kier alpha value is -3.64. The van der Waals surface area contributed by atoms with Crippen molar-refractivity contribution in [2.45, 2.75) is 48.7 Å². The van der Waals surface area contributed by atoms with Gasteiger partial charge < -0.3 is 10.4 Å². The topological polar surface area (TPSA) is 106 Å². The maximum Gasteiger partial charge on any atom is 0.501 e. The standard InChI is InChI=1S/C26H25F3N4O4S/c1-16-24(34)33(17-9-11-18(12-10-17)38(36,37)26(27,28)29)25(35)32(16)23(22-8-4-5-14-30-22)20-13-15-31-21-7-3-2-6-19(20)21/h2-3,6-7,9-13,15,22-23,30,34H,4-5,8,14H2,1H3. The molecule has 0 amide bonds. The van der Waals surface area contributed by atoms with Crippen LogP contribution in [0.4, 0.5) is 13.2 Å². The monoisotopic (exact) mass is 546 g/mol. The average molecular weight is 547 g/mol. The van der Waals surface area contributed by atoms with Gasteiger partial charge in [-0.15, -0.1) is 0 Å². The number of sulfone groups is 1. The summed E-state index contributed by atoms with van der Waals surface area (Å²) in [6.07, 6.45) is 4.40. The van der Waals surface area contributed by atoms with Crippen LogP contribution in [0.2, 0.25) is 0 Å². The zero-order chi connectivity index (χ0) is 27.2. The summed E-state index contributed by atoms with van der Waals surface area (Å²) in [7, 11) is -5.55. The zero-order valence-electron chi connectivity index (χ0n) is 20.3. The number of nitrogens with zero attached hydrogens (tertiary/aromatic N) is 3. The second kappa shape index (κ2) is 9.59. The Labute approximate surface area is 216 Å². The summed E-state index contributed by atoms with van der Waals surface area (Å²) >= 11 is 0. The summed E-state index contributed by atoms with van der Waals surface area (Å²) in [4.78, 5) is 17.3. The molecule has 38 heavy (non-hydrogen) atoms. The van der Waals surface area contributed by atoms with Gasteiger partial charge in [0, 0.05) is 17.6 Å².